The molecule has 0 fully saturated rings. The minimum absolute atomic E-state index is 0.472. The van der Waals surface area contributed by atoms with Gasteiger partial charge in [-0.15, -0.1) is 0 Å². The first-order chi connectivity index (χ1) is 5.81. The fourth-order valence-corrected chi connectivity index (χ4v) is 0.722. The van der Waals surface area contributed by atoms with Gasteiger partial charge in [0.25, 0.3) is 0 Å². The van der Waals surface area contributed by atoms with Gasteiger partial charge in [0, 0.05) is 6.08 Å². The zero-order chi connectivity index (χ0) is 9.23. The Balaban J connectivity index is 3.00. The van der Waals surface area contributed by atoms with E-state index in [0.29, 0.717) is 6.61 Å². The number of hydrogen-bond acceptors (Lipinski definition) is 3. The van der Waals surface area contributed by atoms with Crippen molar-refractivity contribution >= 4 is 5.97 Å². The van der Waals surface area contributed by atoms with Gasteiger partial charge in [-0.05, 0) is 6.42 Å². The van der Waals surface area contributed by atoms with Crippen molar-refractivity contribution in [3.8, 4) is 0 Å². The van der Waals surface area contributed by atoms with Gasteiger partial charge in [-0.2, -0.15) is 4.89 Å². The van der Waals surface area contributed by atoms with Crippen LogP contribution >= 0.6 is 0 Å². The molecule has 12 heavy (non-hydrogen) atoms. The lowest BCUT2D eigenvalue weighted by molar-refractivity contribution is -0.267. The van der Waals surface area contributed by atoms with E-state index in [1.54, 1.807) is 0 Å². The van der Waals surface area contributed by atoms with Crippen LogP contribution in [0.4, 0.5) is 0 Å². The van der Waals surface area contributed by atoms with Crippen LogP contribution in [0, 0.1) is 0 Å². The van der Waals surface area contributed by atoms with Gasteiger partial charge in [-0.3, -0.25) is 4.89 Å². The predicted molar refractivity (Wildman–Crippen MR) is 46.4 cm³/mol. The molecule has 70 valence electrons. The molecule has 0 aliphatic heterocycles. The van der Waals surface area contributed by atoms with Crippen molar-refractivity contribution in [2.24, 2.45) is 0 Å². The van der Waals surface area contributed by atoms with E-state index in [2.05, 4.69) is 23.3 Å². The van der Waals surface area contributed by atoms with Gasteiger partial charge in [0.15, 0.2) is 0 Å². The monoisotopic (exact) mass is 172 g/mol. The lowest BCUT2D eigenvalue weighted by Gasteiger charge is -2.00. The molecule has 0 unspecified atom stereocenters. The Labute approximate surface area is 73.3 Å². The van der Waals surface area contributed by atoms with Crippen LogP contribution in [0.15, 0.2) is 12.7 Å². The summed E-state index contributed by atoms with van der Waals surface area (Å²) in [5.74, 6) is -0.537. The highest BCUT2D eigenvalue weighted by Gasteiger charge is 1.95. The summed E-state index contributed by atoms with van der Waals surface area (Å²) in [4.78, 5) is 19.4. The molecule has 0 rings (SSSR count). The normalized spacial score (nSPS) is 9.42. The van der Waals surface area contributed by atoms with Crippen molar-refractivity contribution in [3.05, 3.63) is 12.7 Å². The SMILES string of the molecule is C=CC(=O)OOCCCCCC. The van der Waals surface area contributed by atoms with Gasteiger partial charge in [0.2, 0.25) is 0 Å². The van der Waals surface area contributed by atoms with Crippen molar-refractivity contribution in [2.75, 3.05) is 6.61 Å². The Morgan fingerprint density at radius 3 is 2.75 bits per heavy atom. The van der Waals surface area contributed by atoms with Crippen LogP contribution in [0.25, 0.3) is 0 Å². The van der Waals surface area contributed by atoms with Gasteiger partial charge in [-0.25, -0.2) is 4.79 Å². The molecule has 0 aromatic heterocycles. The Bertz CT molecular complexity index is 132. The molecule has 0 aromatic carbocycles. The van der Waals surface area contributed by atoms with Crippen LogP contribution in [0.1, 0.15) is 32.6 Å². The average Bonchev–Trinajstić information content (AvgIpc) is 2.10. The third-order valence-electron chi connectivity index (χ3n) is 1.39. The first-order valence-electron chi connectivity index (χ1n) is 4.27. The lowest BCUT2D eigenvalue weighted by atomic mass is 10.2. The second-order valence-electron chi connectivity index (χ2n) is 2.49. The molecule has 0 saturated carbocycles. The molecule has 0 radical (unpaired) electrons. The number of carbonyl (C=O) groups excluding carboxylic acids is 1. The average molecular weight is 172 g/mol. The Hall–Kier alpha value is -0.830. The topological polar surface area (TPSA) is 35.5 Å². The molecular formula is C9H16O3. The van der Waals surface area contributed by atoms with Crippen molar-refractivity contribution in [3.63, 3.8) is 0 Å². The summed E-state index contributed by atoms with van der Waals surface area (Å²) in [6.45, 7) is 5.84. The Morgan fingerprint density at radius 1 is 1.42 bits per heavy atom. The molecule has 3 heteroatoms. The number of carbonyl (C=O) groups is 1. The molecule has 0 aromatic rings. The smallest absolute Gasteiger partial charge is 0.294 e. The van der Waals surface area contributed by atoms with Gasteiger partial charge < -0.3 is 0 Å². The second kappa shape index (κ2) is 8.27. The van der Waals surface area contributed by atoms with Crippen LogP contribution < -0.4 is 0 Å². The summed E-state index contributed by atoms with van der Waals surface area (Å²) in [7, 11) is 0. The molecule has 3 nitrogen and oxygen atoms in total. The number of rotatable bonds is 7. The molecular weight excluding hydrogens is 156 g/mol. The molecule has 0 saturated heterocycles. The molecule has 0 bridgehead atoms. The van der Waals surface area contributed by atoms with Crippen LogP contribution in [0.3, 0.4) is 0 Å². The maximum Gasteiger partial charge on any atom is 0.365 e. The summed E-state index contributed by atoms with van der Waals surface area (Å²) in [6.07, 6.45) is 5.50. The third-order valence-corrected chi connectivity index (χ3v) is 1.39. The van der Waals surface area contributed by atoms with Gasteiger partial charge in [0.1, 0.15) is 0 Å². The number of unbranched alkanes of at least 4 members (excludes halogenated alkanes) is 3. The Morgan fingerprint density at radius 2 is 2.17 bits per heavy atom. The van der Waals surface area contributed by atoms with Crippen molar-refractivity contribution in [1.29, 1.82) is 0 Å². The van der Waals surface area contributed by atoms with Crippen molar-refractivity contribution < 1.29 is 14.6 Å². The maximum absolute atomic E-state index is 10.4. The summed E-state index contributed by atoms with van der Waals surface area (Å²) < 4.78 is 0. The molecule has 0 spiro atoms. The van der Waals surface area contributed by atoms with E-state index in [0.717, 1.165) is 18.9 Å². The third kappa shape index (κ3) is 7.28. The minimum atomic E-state index is -0.537. The van der Waals surface area contributed by atoms with Crippen molar-refractivity contribution in [1.82, 2.24) is 0 Å². The zero-order valence-electron chi connectivity index (χ0n) is 7.54. The highest BCUT2D eigenvalue weighted by atomic mass is 17.2. The van der Waals surface area contributed by atoms with E-state index >= 15 is 0 Å². The quantitative estimate of drug-likeness (QED) is 0.256. The fourth-order valence-electron chi connectivity index (χ4n) is 0.722. The van der Waals surface area contributed by atoms with Crippen LogP contribution in [-0.4, -0.2) is 12.6 Å². The first kappa shape index (κ1) is 11.2. The minimum Gasteiger partial charge on any atom is -0.294 e. The standard InChI is InChI=1S/C9H16O3/c1-3-5-6-7-8-11-12-9(10)4-2/h4H,2-3,5-8H2,1H3. The number of hydrogen-bond donors (Lipinski definition) is 0. The molecule has 0 N–H and O–H groups in total. The van der Waals surface area contributed by atoms with Crippen LogP contribution in [-0.2, 0) is 14.6 Å². The van der Waals surface area contributed by atoms with E-state index in [4.69, 9.17) is 0 Å². The molecule has 0 aliphatic carbocycles. The van der Waals surface area contributed by atoms with E-state index in [1.165, 1.54) is 12.8 Å². The van der Waals surface area contributed by atoms with Crippen molar-refractivity contribution in [2.45, 2.75) is 32.6 Å². The second-order valence-corrected chi connectivity index (χ2v) is 2.49. The van der Waals surface area contributed by atoms with E-state index in [9.17, 15) is 4.79 Å². The predicted octanol–water partition coefficient (Wildman–Crippen LogP) is 2.23. The molecule has 0 aliphatic rings. The molecule has 0 amide bonds. The maximum atomic E-state index is 10.4. The van der Waals surface area contributed by atoms with Gasteiger partial charge in [-0.1, -0.05) is 32.8 Å². The fraction of sp³-hybridized carbons (Fsp3) is 0.667. The van der Waals surface area contributed by atoms with E-state index in [1.807, 2.05) is 0 Å². The van der Waals surface area contributed by atoms with Crippen LogP contribution in [0.5, 0.6) is 0 Å². The van der Waals surface area contributed by atoms with Crippen LogP contribution in [0.2, 0.25) is 0 Å². The van der Waals surface area contributed by atoms with E-state index in [-0.39, 0.29) is 0 Å². The zero-order valence-corrected chi connectivity index (χ0v) is 7.54. The summed E-state index contributed by atoms with van der Waals surface area (Å²) in [5, 5.41) is 0. The summed E-state index contributed by atoms with van der Waals surface area (Å²) in [6, 6.07) is 0. The summed E-state index contributed by atoms with van der Waals surface area (Å²) >= 11 is 0. The largest absolute Gasteiger partial charge is 0.365 e. The summed E-state index contributed by atoms with van der Waals surface area (Å²) in [5.41, 5.74) is 0. The van der Waals surface area contributed by atoms with Gasteiger partial charge in [0.05, 0.1) is 6.61 Å². The van der Waals surface area contributed by atoms with E-state index < -0.39 is 5.97 Å². The molecule has 0 heterocycles. The Kier molecular flexibility index (Phi) is 7.70. The lowest BCUT2D eigenvalue weighted by Crippen LogP contribution is -2.02. The highest BCUT2D eigenvalue weighted by Crippen LogP contribution is 1.98. The highest BCUT2D eigenvalue weighted by molar-refractivity contribution is 5.80. The van der Waals surface area contributed by atoms with Gasteiger partial charge >= 0.3 is 5.97 Å². The molecule has 0 atom stereocenters. The first-order valence-corrected chi connectivity index (χ1v) is 4.27.